The van der Waals surface area contributed by atoms with Crippen molar-refractivity contribution in [3.8, 4) is 34.1 Å². The Morgan fingerprint density at radius 2 is 1.93 bits per heavy atom. The highest BCUT2D eigenvalue weighted by atomic mass is 19.1. The molecular formula is C30H28F2N6O2. The number of nitrogens with zero attached hydrogens (tertiary/aromatic N) is 5. The number of aryl methyl sites for hydroxylation is 1. The first kappa shape index (κ1) is 25.0. The zero-order valence-electron chi connectivity index (χ0n) is 22.0. The highest BCUT2D eigenvalue weighted by molar-refractivity contribution is 5.83. The lowest BCUT2D eigenvalue weighted by Gasteiger charge is -2.36. The average Bonchev–Trinajstić information content (AvgIpc) is 3.54. The van der Waals surface area contributed by atoms with Crippen LogP contribution in [0, 0.1) is 11.6 Å². The van der Waals surface area contributed by atoms with Crippen molar-refractivity contribution in [3.05, 3.63) is 71.7 Å². The number of oxazole rings is 1. The van der Waals surface area contributed by atoms with Crippen LogP contribution in [0.15, 0.2) is 53.2 Å². The van der Waals surface area contributed by atoms with Gasteiger partial charge >= 0.3 is 0 Å². The Balaban J connectivity index is 1.26. The van der Waals surface area contributed by atoms with Crippen LogP contribution in [0.2, 0.25) is 0 Å². The van der Waals surface area contributed by atoms with Crippen molar-refractivity contribution in [2.45, 2.75) is 50.2 Å². The summed E-state index contributed by atoms with van der Waals surface area (Å²) >= 11 is 0. The van der Waals surface area contributed by atoms with E-state index in [9.17, 15) is 9.50 Å². The maximum Gasteiger partial charge on any atom is 0.246 e. The van der Waals surface area contributed by atoms with Gasteiger partial charge in [0.1, 0.15) is 23.4 Å². The smallest absolute Gasteiger partial charge is 0.246 e. The molecule has 0 atom stereocenters. The molecule has 10 heteroatoms. The van der Waals surface area contributed by atoms with Crippen LogP contribution in [-0.4, -0.2) is 42.0 Å². The maximum absolute atomic E-state index is 15.1. The van der Waals surface area contributed by atoms with Gasteiger partial charge in [0.05, 0.1) is 5.60 Å². The summed E-state index contributed by atoms with van der Waals surface area (Å²) in [5, 5.41) is 21.7. The Kier molecular flexibility index (Phi) is 5.97. The second-order valence-electron chi connectivity index (χ2n) is 11.0. The van der Waals surface area contributed by atoms with Crippen molar-refractivity contribution >= 4 is 11.1 Å². The van der Waals surface area contributed by atoms with E-state index in [0.717, 1.165) is 48.9 Å². The molecule has 2 fully saturated rings. The predicted octanol–water partition coefficient (Wildman–Crippen LogP) is 5.51. The summed E-state index contributed by atoms with van der Waals surface area (Å²) < 4.78 is 37.1. The van der Waals surface area contributed by atoms with Gasteiger partial charge in [0.25, 0.3) is 0 Å². The molecule has 3 aromatic heterocycles. The van der Waals surface area contributed by atoms with Gasteiger partial charge in [0.2, 0.25) is 5.89 Å². The zero-order chi connectivity index (χ0) is 27.4. The van der Waals surface area contributed by atoms with Crippen LogP contribution < -0.4 is 5.32 Å². The number of hydrogen-bond acceptors (Lipinski definition) is 7. The quantitative estimate of drug-likeness (QED) is 0.267. The van der Waals surface area contributed by atoms with Crippen LogP contribution in [0.1, 0.15) is 49.3 Å². The number of hydrogen-bond donors (Lipinski definition) is 2. The van der Waals surface area contributed by atoms with Crippen molar-refractivity contribution in [3.63, 3.8) is 0 Å². The fourth-order valence-electron chi connectivity index (χ4n) is 5.34. The molecule has 204 valence electrons. The van der Waals surface area contributed by atoms with Crippen LogP contribution in [0.5, 0.6) is 0 Å². The number of benzene rings is 2. The third kappa shape index (κ3) is 4.67. The Morgan fingerprint density at radius 3 is 2.65 bits per heavy atom. The summed E-state index contributed by atoms with van der Waals surface area (Å²) in [6, 6.07) is 11.7. The van der Waals surface area contributed by atoms with Crippen LogP contribution in [0.25, 0.3) is 45.2 Å². The van der Waals surface area contributed by atoms with Gasteiger partial charge in [-0.15, -0.1) is 10.2 Å². The minimum atomic E-state index is -0.656. The van der Waals surface area contributed by atoms with Gasteiger partial charge in [-0.2, -0.15) is 0 Å². The second kappa shape index (κ2) is 9.57. The van der Waals surface area contributed by atoms with E-state index >= 15 is 4.39 Å². The molecule has 0 radical (unpaired) electrons. The molecule has 0 aliphatic heterocycles. The van der Waals surface area contributed by atoms with Gasteiger partial charge in [-0.25, -0.2) is 18.7 Å². The first-order valence-corrected chi connectivity index (χ1v) is 13.5. The van der Waals surface area contributed by atoms with Crippen molar-refractivity contribution in [1.82, 2.24) is 30.0 Å². The lowest BCUT2D eigenvalue weighted by molar-refractivity contribution is -0.0314. The van der Waals surface area contributed by atoms with E-state index in [1.165, 1.54) is 18.2 Å². The molecule has 7 rings (SSSR count). The molecule has 2 aromatic carbocycles. The average molecular weight is 543 g/mol. The molecule has 2 aliphatic rings. The molecule has 2 saturated carbocycles. The summed E-state index contributed by atoms with van der Waals surface area (Å²) in [6.45, 7) is 0.878. The predicted molar refractivity (Wildman–Crippen MR) is 145 cm³/mol. The Morgan fingerprint density at radius 1 is 1.07 bits per heavy atom. The number of nitrogens with one attached hydrogen (secondary N) is 1. The highest BCUT2D eigenvalue weighted by Crippen LogP contribution is 2.42. The van der Waals surface area contributed by atoms with Crippen molar-refractivity contribution in [2.24, 2.45) is 7.05 Å². The Bertz CT molecular complexity index is 1740. The Labute approximate surface area is 229 Å². The van der Waals surface area contributed by atoms with Gasteiger partial charge in [-0.3, -0.25) is 0 Å². The zero-order valence-corrected chi connectivity index (χ0v) is 22.0. The normalized spacial score (nSPS) is 16.4. The van der Waals surface area contributed by atoms with E-state index in [0.29, 0.717) is 47.2 Å². The van der Waals surface area contributed by atoms with E-state index in [1.54, 1.807) is 23.0 Å². The largest absolute Gasteiger partial charge is 0.432 e. The monoisotopic (exact) mass is 542 g/mol. The fourth-order valence-corrected chi connectivity index (χ4v) is 5.34. The molecule has 2 aliphatic carbocycles. The van der Waals surface area contributed by atoms with Crippen LogP contribution in [0.4, 0.5) is 8.78 Å². The van der Waals surface area contributed by atoms with Crippen molar-refractivity contribution < 1.29 is 18.3 Å². The van der Waals surface area contributed by atoms with Crippen LogP contribution in [0.3, 0.4) is 0 Å². The van der Waals surface area contributed by atoms with Crippen LogP contribution in [-0.2, 0) is 13.6 Å². The highest BCUT2D eigenvalue weighted by Gasteiger charge is 2.33. The molecule has 40 heavy (non-hydrogen) atoms. The van der Waals surface area contributed by atoms with E-state index in [-0.39, 0.29) is 17.3 Å². The minimum absolute atomic E-state index is 0.0677. The van der Waals surface area contributed by atoms with Gasteiger partial charge in [0, 0.05) is 37.3 Å². The summed E-state index contributed by atoms with van der Waals surface area (Å²) in [5.41, 5.74) is 4.08. The summed E-state index contributed by atoms with van der Waals surface area (Å²) in [4.78, 5) is 9.44. The van der Waals surface area contributed by atoms with Crippen LogP contribution >= 0.6 is 0 Å². The summed E-state index contributed by atoms with van der Waals surface area (Å²) in [6.07, 6.45) is 6.23. The number of pyridine rings is 1. The number of halogens is 2. The third-order valence-corrected chi connectivity index (χ3v) is 7.88. The fraction of sp³-hybridized carbons (Fsp3) is 0.333. The molecule has 5 aromatic rings. The van der Waals surface area contributed by atoms with E-state index in [2.05, 4.69) is 20.5 Å². The summed E-state index contributed by atoms with van der Waals surface area (Å²) in [7, 11) is 1.81. The van der Waals surface area contributed by atoms with Gasteiger partial charge in [-0.05, 0) is 85.2 Å². The molecule has 0 spiro atoms. The first-order chi connectivity index (χ1) is 19.3. The van der Waals surface area contributed by atoms with Gasteiger partial charge < -0.3 is 19.4 Å². The lowest BCUT2D eigenvalue weighted by Crippen LogP contribution is -2.45. The molecule has 0 saturated heterocycles. The molecular weight excluding hydrogens is 514 g/mol. The SMILES string of the molecule is Cn1cnnc1-c1cc(F)ccc1-c1cc(-c2nc3cc(CNCC4(O)CCC4)cc(F)c3o2)nc(C2CC2)c1. The molecule has 8 nitrogen and oxygen atoms in total. The van der Waals surface area contributed by atoms with E-state index in [1.807, 2.05) is 19.2 Å². The molecule has 0 bridgehead atoms. The third-order valence-electron chi connectivity index (χ3n) is 7.88. The van der Waals surface area contributed by atoms with Gasteiger partial charge in [0.15, 0.2) is 17.2 Å². The first-order valence-electron chi connectivity index (χ1n) is 13.5. The van der Waals surface area contributed by atoms with E-state index in [4.69, 9.17) is 9.40 Å². The number of aromatic nitrogens is 5. The number of rotatable bonds is 8. The topological polar surface area (TPSA) is 102 Å². The standard InChI is InChI=1S/C30H28F2N6O2/c1-38-16-34-37-28(38)22-13-20(31)5-6-21(22)19-11-24(18-3-4-18)35-26(12-19)29-36-25-10-17(9-23(32)27(25)40-29)14-33-15-30(39)7-2-8-30/h5-6,9-13,16,18,33,39H,2-4,7-8,14-15H2,1H3. The molecule has 0 amide bonds. The number of aliphatic hydroxyl groups is 1. The summed E-state index contributed by atoms with van der Waals surface area (Å²) in [5.74, 6) is 0.197. The Hall–Kier alpha value is -4.02. The maximum atomic E-state index is 15.1. The van der Waals surface area contributed by atoms with Crippen molar-refractivity contribution in [2.75, 3.05) is 6.54 Å². The molecule has 0 unspecified atom stereocenters. The second-order valence-corrected chi connectivity index (χ2v) is 11.0. The van der Waals surface area contributed by atoms with Crippen molar-refractivity contribution in [1.29, 1.82) is 0 Å². The lowest BCUT2D eigenvalue weighted by atomic mass is 9.80. The van der Waals surface area contributed by atoms with E-state index < -0.39 is 11.4 Å². The molecule has 2 N–H and O–H groups in total. The van der Waals surface area contributed by atoms with Gasteiger partial charge in [-0.1, -0.05) is 6.07 Å². The minimum Gasteiger partial charge on any atom is -0.432 e. The number of fused-ring (bicyclic) bond motifs is 1. The molecule has 3 heterocycles.